The predicted octanol–water partition coefficient (Wildman–Crippen LogP) is 2.67. The van der Waals surface area contributed by atoms with E-state index in [4.69, 9.17) is 4.74 Å². The lowest BCUT2D eigenvalue weighted by atomic mass is 10.0. The SMILES string of the molecule is O=[N+]([O-])c1ccc2c(c1)NCC(C(F)F)(C(F)F)O2. The number of hydrogen-bond acceptors (Lipinski definition) is 4. The van der Waals surface area contributed by atoms with Gasteiger partial charge in [0.1, 0.15) is 5.75 Å². The molecule has 1 aliphatic rings. The van der Waals surface area contributed by atoms with Crippen LogP contribution in [0.5, 0.6) is 5.75 Å². The van der Waals surface area contributed by atoms with Crippen LogP contribution in [0.4, 0.5) is 28.9 Å². The van der Waals surface area contributed by atoms with E-state index in [0.29, 0.717) is 0 Å². The molecule has 0 unspecified atom stereocenters. The molecule has 0 spiro atoms. The van der Waals surface area contributed by atoms with E-state index >= 15 is 0 Å². The Labute approximate surface area is 104 Å². The molecule has 1 aromatic carbocycles. The summed E-state index contributed by atoms with van der Waals surface area (Å²) < 4.78 is 55.8. The molecule has 1 N–H and O–H groups in total. The number of alkyl halides is 4. The average Bonchev–Trinajstić information content (AvgIpc) is 2.36. The number of nitrogens with one attached hydrogen (secondary N) is 1. The van der Waals surface area contributed by atoms with Crippen molar-refractivity contribution in [2.24, 2.45) is 0 Å². The summed E-state index contributed by atoms with van der Waals surface area (Å²) in [5, 5.41) is 12.8. The van der Waals surface area contributed by atoms with Gasteiger partial charge in [0.2, 0.25) is 5.60 Å². The van der Waals surface area contributed by atoms with Crippen molar-refractivity contribution in [1.29, 1.82) is 0 Å². The molecule has 0 amide bonds. The number of non-ortho nitro benzene ring substituents is 1. The Morgan fingerprint density at radius 1 is 1.32 bits per heavy atom. The van der Waals surface area contributed by atoms with Crippen molar-refractivity contribution in [2.45, 2.75) is 18.5 Å². The molecular formula is C10H8F4N2O3. The number of hydrogen-bond donors (Lipinski definition) is 1. The van der Waals surface area contributed by atoms with Crippen LogP contribution in [0.25, 0.3) is 0 Å². The topological polar surface area (TPSA) is 64.4 Å². The van der Waals surface area contributed by atoms with E-state index in [1.165, 1.54) is 0 Å². The fraction of sp³-hybridized carbons (Fsp3) is 0.400. The third-order valence-corrected chi connectivity index (χ3v) is 2.77. The van der Waals surface area contributed by atoms with Crippen LogP contribution in [-0.4, -0.2) is 29.9 Å². The van der Waals surface area contributed by atoms with Gasteiger partial charge in [-0.25, -0.2) is 17.6 Å². The quantitative estimate of drug-likeness (QED) is 0.525. The van der Waals surface area contributed by atoms with E-state index in [1.54, 1.807) is 0 Å². The molecule has 1 heterocycles. The molecule has 1 aliphatic heterocycles. The average molecular weight is 280 g/mol. The van der Waals surface area contributed by atoms with Gasteiger partial charge in [0.15, 0.2) is 0 Å². The third kappa shape index (κ3) is 2.15. The lowest BCUT2D eigenvalue weighted by Crippen LogP contribution is -2.57. The predicted molar refractivity (Wildman–Crippen MR) is 57.0 cm³/mol. The Morgan fingerprint density at radius 2 is 1.95 bits per heavy atom. The summed E-state index contributed by atoms with van der Waals surface area (Å²) in [6.45, 7) is -0.837. The number of anilines is 1. The van der Waals surface area contributed by atoms with Crippen molar-refractivity contribution < 1.29 is 27.2 Å². The van der Waals surface area contributed by atoms with E-state index in [-0.39, 0.29) is 17.1 Å². The van der Waals surface area contributed by atoms with Gasteiger partial charge >= 0.3 is 0 Å². The lowest BCUT2D eigenvalue weighted by molar-refractivity contribution is -0.384. The first kappa shape index (κ1) is 13.4. The summed E-state index contributed by atoms with van der Waals surface area (Å²) in [6, 6.07) is 3.04. The van der Waals surface area contributed by atoms with E-state index in [1.807, 2.05) is 0 Å². The minimum absolute atomic E-state index is 0.0334. The van der Waals surface area contributed by atoms with E-state index in [9.17, 15) is 27.7 Å². The first-order chi connectivity index (χ1) is 8.86. The summed E-state index contributed by atoms with van der Waals surface area (Å²) in [5.74, 6) is -0.266. The Morgan fingerprint density at radius 3 is 2.47 bits per heavy atom. The third-order valence-electron chi connectivity index (χ3n) is 2.77. The molecule has 1 aromatic rings. The van der Waals surface area contributed by atoms with Crippen LogP contribution >= 0.6 is 0 Å². The first-order valence-electron chi connectivity index (χ1n) is 5.14. The molecule has 0 aromatic heterocycles. The molecule has 19 heavy (non-hydrogen) atoms. The number of benzene rings is 1. The lowest BCUT2D eigenvalue weighted by Gasteiger charge is -2.37. The zero-order valence-corrected chi connectivity index (χ0v) is 9.28. The van der Waals surface area contributed by atoms with Crippen LogP contribution < -0.4 is 10.1 Å². The van der Waals surface area contributed by atoms with Gasteiger partial charge in [0.25, 0.3) is 18.5 Å². The van der Waals surface area contributed by atoms with Gasteiger partial charge < -0.3 is 10.1 Å². The van der Waals surface area contributed by atoms with E-state index in [0.717, 1.165) is 18.2 Å². The number of rotatable bonds is 3. The highest BCUT2D eigenvalue weighted by atomic mass is 19.3. The summed E-state index contributed by atoms with van der Waals surface area (Å²) >= 11 is 0. The monoisotopic (exact) mass is 280 g/mol. The van der Waals surface area contributed by atoms with Crippen molar-refractivity contribution in [1.82, 2.24) is 0 Å². The molecule has 0 radical (unpaired) electrons. The van der Waals surface area contributed by atoms with Crippen LogP contribution in [0, 0.1) is 10.1 Å². The standard InChI is InChI=1S/C10H8F4N2O3/c11-8(12)10(9(13)14)4-15-6-3-5(16(17)18)1-2-7(6)19-10/h1-3,8-9,15H,4H2. The molecule has 0 aliphatic carbocycles. The highest BCUT2D eigenvalue weighted by molar-refractivity contribution is 5.63. The first-order valence-corrected chi connectivity index (χ1v) is 5.14. The molecule has 0 fully saturated rings. The summed E-state index contributed by atoms with van der Waals surface area (Å²) in [4.78, 5) is 9.84. The number of halogens is 4. The van der Waals surface area contributed by atoms with Crippen LogP contribution in [0.15, 0.2) is 18.2 Å². The molecule has 0 saturated carbocycles. The van der Waals surface area contributed by atoms with Crippen molar-refractivity contribution in [2.75, 3.05) is 11.9 Å². The smallest absolute Gasteiger partial charge is 0.285 e. The van der Waals surface area contributed by atoms with Crippen molar-refractivity contribution in [3.63, 3.8) is 0 Å². The zero-order valence-electron chi connectivity index (χ0n) is 9.28. The van der Waals surface area contributed by atoms with Crippen LogP contribution in [0.2, 0.25) is 0 Å². The van der Waals surface area contributed by atoms with E-state index in [2.05, 4.69) is 5.32 Å². The van der Waals surface area contributed by atoms with Gasteiger partial charge in [-0.1, -0.05) is 0 Å². The molecule has 2 rings (SSSR count). The number of nitrogens with zero attached hydrogens (tertiary/aromatic N) is 1. The van der Waals surface area contributed by atoms with Gasteiger partial charge in [-0.3, -0.25) is 10.1 Å². The number of fused-ring (bicyclic) bond motifs is 1. The van der Waals surface area contributed by atoms with Gasteiger partial charge in [-0.15, -0.1) is 0 Å². The van der Waals surface area contributed by atoms with E-state index < -0.39 is 29.9 Å². The molecule has 0 bridgehead atoms. The fourth-order valence-corrected chi connectivity index (χ4v) is 1.67. The second-order valence-corrected chi connectivity index (χ2v) is 3.95. The summed E-state index contributed by atoms with van der Waals surface area (Å²) in [7, 11) is 0. The molecule has 5 nitrogen and oxygen atoms in total. The molecule has 104 valence electrons. The van der Waals surface area contributed by atoms with Crippen molar-refractivity contribution in [3.8, 4) is 5.75 Å². The Balaban J connectivity index is 2.37. The minimum Gasteiger partial charge on any atom is -0.471 e. The summed E-state index contributed by atoms with van der Waals surface area (Å²) in [5.41, 5.74) is -3.20. The number of nitro benzene ring substituents is 1. The Hall–Kier alpha value is -2.06. The maximum atomic E-state index is 12.8. The highest BCUT2D eigenvalue weighted by Crippen LogP contribution is 2.40. The second-order valence-electron chi connectivity index (χ2n) is 3.95. The molecule has 0 saturated heterocycles. The van der Waals surface area contributed by atoms with Gasteiger partial charge in [-0.2, -0.15) is 0 Å². The van der Waals surface area contributed by atoms with Gasteiger partial charge in [0.05, 0.1) is 17.2 Å². The van der Waals surface area contributed by atoms with Crippen molar-refractivity contribution in [3.05, 3.63) is 28.3 Å². The van der Waals surface area contributed by atoms with Crippen LogP contribution in [0.1, 0.15) is 0 Å². The second kappa shape index (κ2) is 4.56. The van der Waals surface area contributed by atoms with Crippen molar-refractivity contribution >= 4 is 11.4 Å². The zero-order chi connectivity index (χ0) is 14.2. The largest absolute Gasteiger partial charge is 0.471 e. The Kier molecular flexibility index (Phi) is 3.21. The molecule has 0 atom stereocenters. The van der Waals surface area contributed by atoms with Crippen LogP contribution in [-0.2, 0) is 0 Å². The normalized spacial score (nSPS) is 16.7. The maximum absolute atomic E-state index is 12.8. The number of nitro groups is 1. The summed E-state index contributed by atoms with van der Waals surface area (Å²) in [6.07, 6.45) is -6.80. The minimum atomic E-state index is -3.40. The maximum Gasteiger partial charge on any atom is 0.285 e. The van der Waals surface area contributed by atoms with Gasteiger partial charge in [0, 0.05) is 12.1 Å². The van der Waals surface area contributed by atoms with Gasteiger partial charge in [-0.05, 0) is 6.07 Å². The fourth-order valence-electron chi connectivity index (χ4n) is 1.67. The number of ether oxygens (including phenoxy) is 1. The molecule has 9 heteroatoms. The highest BCUT2D eigenvalue weighted by Gasteiger charge is 2.53. The Bertz CT molecular complexity index is 502. The molecular weight excluding hydrogens is 272 g/mol. The van der Waals surface area contributed by atoms with Crippen LogP contribution in [0.3, 0.4) is 0 Å².